The molecule has 1 aromatic carbocycles. The highest BCUT2D eigenvalue weighted by atomic mass is 35.5. The molecule has 0 spiro atoms. The predicted octanol–water partition coefficient (Wildman–Crippen LogP) is 3.44. The van der Waals surface area contributed by atoms with Crippen molar-refractivity contribution in [3.63, 3.8) is 0 Å². The maximum absolute atomic E-state index is 12.7. The molecule has 0 unspecified atom stereocenters. The van der Waals surface area contributed by atoms with Crippen molar-refractivity contribution in [2.24, 2.45) is 0 Å². The zero-order valence-corrected chi connectivity index (χ0v) is 14.0. The highest BCUT2D eigenvalue weighted by molar-refractivity contribution is 6.34. The van der Waals surface area contributed by atoms with Crippen LogP contribution >= 0.6 is 11.6 Å². The number of rotatable bonds is 4. The lowest BCUT2D eigenvalue weighted by atomic mass is 10.2. The average molecular weight is 399 g/mol. The van der Waals surface area contributed by atoms with Crippen LogP contribution in [0, 0.1) is 0 Å². The number of nitrogens with one attached hydrogen (secondary N) is 1. The fraction of sp³-hybridized carbons (Fsp3) is 0.125. The molecule has 0 bridgehead atoms. The summed E-state index contributed by atoms with van der Waals surface area (Å²) in [4.78, 5) is 26.3. The van der Waals surface area contributed by atoms with Crippen molar-refractivity contribution in [3.05, 3.63) is 52.9 Å². The van der Waals surface area contributed by atoms with Crippen molar-refractivity contribution < 1.29 is 27.9 Å². The van der Waals surface area contributed by atoms with Gasteiger partial charge in [0.05, 0.1) is 16.2 Å². The van der Waals surface area contributed by atoms with Crippen molar-refractivity contribution in [2.45, 2.75) is 12.7 Å². The first-order valence-electron chi connectivity index (χ1n) is 7.37. The molecule has 11 heteroatoms. The maximum Gasteiger partial charge on any atom is 0.433 e. The van der Waals surface area contributed by atoms with Gasteiger partial charge in [-0.05, 0) is 24.3 Å². The molecule has 0 radical (unpaired) electrons. The van der Waals surface area contributed by atoms with Gasteiger partial charge in [0.1, 0.15) is 17.9 Å². The SMILES string of the molecule is O=C(O)Cn1cc2cc(NC(=O)c3cccc(C(F)(F)F)n3)c(Cl)cc2n1. The van der Waals surface area contributed by atoms with E-state index in [9.17, 15) is 22.8 Å². The molecule has 2 N–H and O–H groups in total. The molecule has 2 heterocycles. The van der Waals surface area contributed by atoms with Crippen molar-refractivity contribution in [1.29, 1.82) is 0 Å². The highest BCUT2D eigenvalue weighted by Gasteiger charge is 2.33. The van der Waals surface area contributed by atoms with Gasteiger partial charge in [0.2, 0.25) is 0 Å². The Balaban J connectivity index is 1.88. The summed E-state index contributed by atoms with van der Waals surface area (Å²) in [5.74, 6) is -1.96. The van der Waals surface area contributed by atoms with E-state index in [2.05, 4.69) is 15.4 Å². The summed E-state index contributed by atoms with van der Waals surface area (Å²) in [5.41, 5.74) is -1.09. The summed E-state index contributed by atoms with van der Waals surface area (Å²) in [6, 6.07) is 5.82. The normalized spacial score (nSPS) is 11.6. The Hall–Kier alpha value is -3.14. The second-order valence-corrected chi connectivity index (χ2v) is 5.88. The quantitative estimate of drug-likeness (QED) is 0.701. The van der Waals surface area contributed by atoms with Gasteiger partial charge < -0.3 is 10.4 Å². The number of halogens is 4. The molecule has 1 amide bonds. The van der Waals surface area contributed by atoms with Gasteiger partial charge in [0.15, 0.2) is 0 Å². The topological polar surface area (TPSA) is 97.1 Å². The molecule has 3 aromatic rings. The van der Waals surface area contributed by atoms with Gasteiger partial charge in [-0.3, -0.25) is 14.3 Å². The van der Waals surface area contributed by atoms with Crippen LogP contribution in [0.15, 0.2) is 36.5 Å². The molecule has 0 aliphatic rings. The minimum atomic E-state index is -4.68. The zero-order valence-electron chi connectivity index (χ0n) is 13.3. The predicted molar refractivity (Wildman–Crippen MR) is 89.6 cm³/mol. The number of nitrogens with zero attached hydrogens (tertiary/aromatic N) is 3. The van der Waals surface area contributed by atoms with Crippen LogP contribution < -0.4 is 5.32 Å². The number of anilines is 1. The summed E-state index contributed by atoms with van der Waals surface area (Å²) in [6.45, 7) is -0.359. The summed E-state index contributed by atoms with van der Waals surface area (Å²) in [7, 11) is 0. The Morgan fingerprint density at radius 3 is 2.67 bits per heavy atom. The van der Waals surface area contributed by atoms with Gasteiger partial charge in [0, 0.05) is 11.6 Å². The Bertz CT molecular complexity index is 1050. The largest absolute Gasteiger partial charge is 0.480 e. The number of aromatic nitrogens is 3. The first-order chi connectivity index (χ1) is 12.6. The molecule has 0 aliphatic carbocycles. The van der Waals surface area contributed by atoms with E-state index in [0.29, 0.717) is 10.9 Å². The van der Waals surface area contributed by atoms with E-state index < -0.39 is 29.4 Å². The van der Waals surface area contributed by atoms with E-state index in [1.54, 1.807) is 0 Å². The Morgan fingerprint density at radius 2 is 2.00 bits per heavy atom. The van der Waals surface area contributed by atoms with E-state index in [4.69, 9.17) is 16.7 Å². The van der Waals surface area contributed by atoms with Crippen LogP contribution in [0.5, 0.6) is 0 Å². The van der Waals surface area contributed by atoms with Crippen LogP contribution in [0.1, 0.15) is 16.2 Å². The van der Waals surface area contributed by atoms with Crippen LogP contribution in [0.2, 0.25) is 5.02 Å². The molecule has 0 aliphatic heterocycles. The van der Waals surface area contributed by atoms with Crippen LogP contribution in [0.4, 0.5) is 18.9 Å². The standard InChI is InChI=1S/C16H10ClF3N4O3/c17-9-5-11-8(6-24(23-11)7-14(25)26)4-12(9)22-15(27)10-2-1-3-13(21-10)16(18,19)20/h1-6H,7H2,(H,22,27)(H,25,26). The number of carbonyl (C=O) groups is 2. The van der Waals surface area contributed by atoms with Crippen LogP contribution in [-0.2, 0) is 17.5 Å². The first-order valence-corrected chi connectivity index (χ1v) is 7.75. The summed E-state index contributed by atoms with van der Waals surface area (Å²) < 4.78 is 39.4. The van der Waals surface area contributed by atoms with Crippen LogP contribution in [0.3, 0.4) is 0 Å². The molecule has 0 atom stereocenters. The van der Waals surface area contributed by atoms with Crippen molar-refractivity contribution >= 4 is 40.1 Å². The summed E-state index contributed by atoms with van der Waals surface area (Å²) in [6.07, 6.45) is -3.23. The number of carboxylic acids is 1. The monoisotopic (exact) mass is 398 g/mol. The third kappa shape index (κ3) is 4.17. The number of fused-ring (bicyclic) bond motifs is 1. The molecule has 27 heavy (non-hydrogen) atoms. The lowest BCUT2D eigenvalue weighted by molar-refractivity contribution is -0.141. The van der Waals surface area contributed by atoms with Gasteiger partial charge in [0.25, 0.3) is 5.91 Å². The molecule has 7 nitrogen and oxygen atoms in total. The van der Waals surface area contributed by atoms with E-state index in [-0.39, 0.29) is 17.3 Å². The summed E-state index contributed by atoms with van der Waals surface area (Å²) in [5, 5.41) is 15.8. The number of benzene rings is 1. The minimum Gasteiger partial charge on any atom is -0.480 e. The lowest BCUT2D eigenvalue weighted by Gasteiger charge is -2.09. The van der Waals surface area contributed by atoms with Gasteiger partial charge in [-0.25, -0.2) is 4.98 Å². The molecule has 2 aromatic heterocycles. The maximum atomic E-state index is 12.7. The first kappa shape index (κ1) is 18.6. The number of aliphatic carboxylic acids is 1. The fourth-order valence-electron chi connectivity index (χ4n) is 2.32. The van der Waals surface area contributed by atoms with Gasteiger partial charge in [-0.15, -0.1) is 0 Å². The van der Waals surface area contributed by atoms with Gasteiger partial charge in [-0.2, -0.15) is 18.3 Å². The molecular formula is C16H10ClF3N4O3. The second kappa shape index (κ2) is 6.88. The minimum absolute atomic E-state index is 0.0865. The third-order valence-corrected chi connectivity index (χ3v) is 3.77. The lowest BCUT2D eigenvalue weighted by Crippen LogP contribution is -2.17. The second-order valence-electron chi connectivity index (χ2n) is 5.47. The van der Waals surface area contributed by atoms with Crippen LogP contribution in [0.25, 0.3) is 10.9 Å². The number of carbonyl (C=O) groups excluding carboxylic acids is 1. The number of alkyl halides is 3. The van der Waals surface area contributed by atoms with Crippen molar-refractivity contribution in [1.82, 2.24) is 14.8 Å². The molecular weight excluding hydrogens is 389 g/mol. The van der Waals surface area contributed by atoms with E-state index in [1.165, 1.54) is 23.0 Å². The van der Waals surface area contributed by atoms with E-state index in [0.717, 1.165) is 18.2 Å². The highest BCUT2D eigenvalue weighted by Crippen LogP contribution is 2.29. The number of hydrogen-bond donors (Lipinski definition) is 2. The van der Waals surface area contributed by atoms with Gasteiger partial charge >= 0.3 is 12.1 Å². The number of carboxylic acid groups (broad SMARTS) is 1. The van der Waals surface area contributed by atoms with Crippen molar-refractivity contribution in [3.8, 4) is 0 Å². The molecule has 140 valence electrons. The van der Waals surface area contributed by atoms with E-state index in [1.807, 2.05) is 0 Å². The van der Waals surface area contributed by atoms with E-state index >= 15 is 0 Å². The molecule has 0 saturated heterocycles. The number of amides is 1. The fourth-order valence-corrected chi connectivity index (χ4v) is 2.52. The molecule has 0 fully saturated rings. The summed E-state index contributed by atoms with van der Waals surface area (Å²) >= 11 is 6.07. The number of hydrogen-bond acceptors (Lipinski definition) is 4. The third-order valence-electron chi connectivity index (χ3n) is 3.46. The Labute approximate surface area is 154 Å². The molecule has 0 saturated carbocycles. The average Bonchev–Trinajstić information content (AvgIpc) is 2.94. The van der Waals surface area contributed by atoms with Gasteiger partial charge in [-0.1, -0.05) is 17.7 Å². The van der Waals surface area contributed by atoms with Crippen molar-refractivity contribution in [2.75, 3.05) is 5.32 Å². The number of pyridine rings is 1. The zero-order chi connectivity index (χ0) is 19.8. The molecule has 3 rings (SSSR count). The Kier molecular flexibility index (Phi) is 4.75. The Morgan fingerprint density at radius 1 is 1.26 bits per heavy atom. The van der Waals surface area contributed by atoms with Crippen LogP contribution in [-0.4, -0.2) is 31.7 Å². The smallest absolute Gasteiger partial charge is 0.433 e.